The zero-order chi connectivity index (χ0) is 17.1. The van der Waals surface area contributed by atoms with Gasteiger partial charge < -0.3 is 0 Å². The molecule has 3 aliphatic rings. The molecule has 3 aliphatic carbocycles. The van der Waals surface area contributed by atoms with Crippen molar-refractivity contribution >= 4 is 17.5 Å². The summed E-state index contributed by atoms with van der Waals surface area (Å²) >= 11 is 1.89. The smallest absolute Gasteiger partial charge is 0.152 e. The lowest BCUT2D eigenvalue weighted by atomic mass is 9.48. The molecule has 6 atom stereocenters. The van der Waals surface area contributed by atoms with Gasteiger partial charge in [0.25, 0.3) is 0 Å². The molecule has 0 aliphatic heterocycles. The van der Waals surface area contributed by atoms with Crippen LogP contribution in [0.15, 0.2) is 35.2 Å². The van der Waals surface area contributed by atoms with Gasteiger partial charge >= 0.3 is 0 Å². The maximum Gasteiger partial charge on any atom is 0.152 e. The van der Waals surface area contributed by atoms with E-state index in [1.807, 2.05) is 11.8 Å². The molecule has 1 aromatic carbocycles. The Morgan fingerprint density at radius 1 is 1.12 bits per heavy atom. The molecule has 3 fully saturated rings. The Bertz CT molecular complexity index is 639. The predicted molar refractivity (Wildman–Crippen MR) is 101 cm³/mol. The van der Waals surface area contributed by atoms with E-state index in [0.29, 0.717) is 17.1 Å². The maximum atomic E-state index is 13.1. The Kier molecular flexibility index (Phi) is 3.91. The van der Waals surface area contributed by atoms with Crippen molar-refractivity contribution in [3.63, 3.8) is 0 Å². The molecule has 0 bridgehead atoms. The lowest BCUT2D eigenvalue weighted by molar-refractivity contribution is -0.147. The van der Waals surface area contributed by atoms with Gasteiger partial charge in [-0.2, -0.15) is 0 Å². The summed E-state index contributed by atoms with van der Waals surface area (Å²) in [5.74, 6) is 3.62. The second-order valence-corrected chi connectivity index (χ2v) is 10.6. The van der Waals surface area contributed by atoms with Crippen molar-refractivity contribution in [2.24, 2.45) is 35.0 Å². The lowest BCUT2D eigenvalue weighted by Gasteiger charge is -2.61. The first-order chi connectivity index (χ1) is 11.4. The van der Waals surface area contributed by atoms with Gasteiger partial charge in [0.05, 0.1) is 4.75 Å². The summed E-state index contributed by atoms with van der Waals surface area (Å²) in [5, 5.41) is 0. The number of hydrogen-bond acceptors (Lipinski definition) is 2. The first-order valence-corrected chi connectivity index (χ1v) is 10.5. The number of rotatable bonds is 3. The van der Waals surface area contributed by atoms with E-state index in [2.05, 4.69) is 58.0 Å². The number of hydrogen-bond donors (Lipinski definition) is 0. The van der Waals surface area contributed by atoms with Crippen LogP contribution < -0.4 is 0 Å². The van der Waals surface area contributed by atoms with Crippen LogP contribution in [0.3, 0.4) is 0 Å². The molecule has 0 spiro atoms. The Hall–Kier alpha value is -0.760. The monoisotopic (exact) mass is 342 g/mol. The molecule has 0 saturated heterocycles. The number of thioether (sulfide) groups is 1. The summed E-state index contributed by atoms with van der Waals surface area (Å²) in [6.45, 7) is 9.46. The van der Waals surface area contributed by atoms with Gasteiger partial charge in [-0.15, -0.1) is 11.8 Å². The van der Waals surface area contributed by atoms with E-state index >= 15 is 0 Å². The van der Waals surface area contributed by atoms with Crippen LogP contribution >= 0.6 is 11.8 Å². The standard InChI is InChI=1S/C22H30OS/c1-14(2)17-10-11-21(4)12-18-15(3)20(23)22(18,13-19(17)21)24-16-8-6-5-7-9-16/h5-9,14-15,17-19H,10-13H2,1-4H3/t15-,17+,18-,19+,21-,22+/m1/s1. The highest BCUT2D eigenvalue weighted by Crippen LogP contribution is 2.69. The van der Waals surface area contributed by atoms with E-state index in [9.17, 15) is 4.79 Å². The fourth-order valence-corrected chi connectivity index (χ4v) is 7.90. The third-order valence-electron chi connectivity index (χ3n) is 7.60. The number of fused-ring (bicyclic) bond motifs is 2. The summed E-state index contributed by atoms with van der Waals surface area (Å²) in [5.41, 5.74) is 0.468. The molecular weight excluding hydrogens is 312 g/mol. The van der Waals surface area contributed by atoms with E-state index < -0.39 is 0 Å². The Balaban J connectivity index is 1.68. The predicted octanol–water partition coefficient (Wildman–Crippen LogP) is 5.83. The summed E-state index contributed by atoms with van der Waals surface area (Å²) in [6.07, 6.45) is 5.09. The quantitative estimate of drug-likeness (QED) is 0.687. The normalized spacial score (nSPS) is 44.1. The topological polar surface area (TPSA) is 17.1 Å². The van der Waals surface area contributed by atoms with Crippen molar-refractivity contribution in [1.82, 2.24) is 0 Å². The van der Waals surface area contributed by atoms with Crippen LogP contribution in [0.1, 0.15) is 53.4 Å². The summed E-state index contributed by atoms with van der Waals surface area (Å²) in [7, 11) is 0. The molecule has 0 aromatic heterocycles. The molecule has 130 valence electrons. The largest absolute Gasteiger partial charge is 0.298 e. The highest BCUT2D eigenvalue weighted by Gasteiger charge is 2.68. The van der Waals surface area contributed by atoms with Crippen LogP contribution in [-0.4, -0.2) is 10.5 Å². The molecule has 0 heterocycles. The number of benzene rings is 1. The molecule has 1 nitrogen and oxygen atoms in total. The van der Waals surface area contributed by atoms with Crippen molar-refractivity contribution in [2.45, 2.75) is 63.0 Å². The minimum Gasteiger partial charge on any atom is -0.298 e. The van der Waals surface area contributed by atoms with E-state index in [-0.39, 0.29) is 10.7 Å². The number of ketones is 1. The summed E-state index contributed by atoms with van der Waals surface area (Å²) < 4.78 is -0.136. The third-order valence-corrected chi connectivity index (χ3v) is 9.15. The molecule has 0 N–H and O–H groups in total. The molecule has 4 rings (SSSR count). The van der Waals surface area contributed by atoms with Gasteiger partial charge in [-0.25, -0.2) is 0 Å². The van der Waals surface area contributed by atoms with Crippen LogP contribution in [-0.2, 0) is 4.79 Å². The second-order valence-electron chi connectivity index (χ2n) is 9.18. The fourth-order valence-electron chi connectivity index (χ4n) is 6.20. The zero-order valence-corrected chi connectivity index (χ0v) is 16.2. The Morgan fingerprint density at radius 2 is 1.83 bits per heavy atom. The average Bonchev–Trinajstić information content (AvgIpc) is 2.90. The second kappa shape index (κ2) is 5.62. The Morgan fingerprint density at radius 3 is 2.50 bits per heavy atom. The fraction of sp³-hybridized carbons (Fsp3) is 0.682. The molecule has 0 unspecified atom stereocenters. The highest BCUT2D eigenvalue weighted by molar-refractivity contribution is 8.01. The SMILES string of the molecule is CC(C)[C@@H]1CC[C@]2(C)C[C@@H]3[C@@H](C)C(=O)[C@]3(Sc3ccccc3)C[C@@H]12. The number of carbonyl (C=O) groups excluding carboxylic acids is 1. The lowest BCUT2D eigenvalue weighted by Crippen LogP contribution is -2.65. The van der Waals surface area contributed by atoms with Gasteiger partial charge in [-0.05, 0) is 66.9 Å². The minimum atomic E-state index is -0.136. The first-order valence-electron chi connectivity index (χ1n) is 9.66. The molecule has 24 heavy (non-hydrogen) atoms. The van der Waals surface area contributed by atoms with E-state index in [1.54, 1.807) is 0 Å². The van der Waals surface area contributed by atoms with Gasteiger partial charge in [0.15, 0.2) is 5.78 Å². The van der Waals surface area contributed by atoms with Gasteiger partial charge in [-0.1, -0.05) is 45.9 Å². The van der Waals surface area contributed by atoms with Crippen LogP contribution in [0.25, 0.3) is 0 Å². The van der Waals surface area contributed by atoms with Gasteiger partial charge in [0.2, 0.25) is 0 Å². The van der Waals surface area contributed by atoms with Crippen LogP contribution in [0.4, 0.5) is 0 Å². The van der Waals surface area contributed by atoms with Gasteiger partial charge in [0.1, 0.15) is 0 Å². The van der Waals surface area contributed by atoms with Gasteiger partial charge in [0, 0.05) is 10.8 Å². The average molecular weight is 343 g/mol. The molecule has 2 heteroatoms. The molecule has 0 amide bonds. The van der Waals surface area contributed by atoms with E-state index in [0.717, 1.165) is 24.2 Å². The van der Waals surface area contributed by atoms with Crippen molar-refractivity contribution < 1.29 is 4.79 Å². The van der Waals surface area contributed by atoms with Crippen molar-refractivity contribution in [1.29, 1.82) is 0 Å². The van der Waals surface area contributed by atoms with Crippen LogP contribution in [0.2, 0.25) is 0 Å². The first kappa shape index (κ1) is 16.7. The van der Waals surface area contributed by atoms with Crippen molar-refractivity contribution in [2.75, 3.05) is 0 Å². The van der Waals surface area contributed by atoms with Crippen molar-refractivity contribution in [3.05, 3.63) is 30.3 Å². The van der Waals surface area contributed by atoms with Gasteiger partial charge in [-0.3, -0.25) is 4.79 Å². The minimum absolute atomic E-state index is 0.136. The highest BCUT2D eigenvalue weighted by atomic mass is 32.2. The van der Waals surface area contributed by atoms with Crippen LogP contribution in [0.5, 0.6) is 0 Å². The van der Waals surface area contributed by atoms with E-state index in [4.69, 9.17) is 0 Å². The van der Waals surface area contributed by atoms with E-state index in [1.165, 1.54) is 24.2 Å². The zero-order valence-electron chi connectivity index (χ0n) is 15.4. The van der Waals surface area contributed by atoms with Crippen molar-refractivity contribution in [3.8, 4) is 0 Å². The van der Waals surface area contributed by atoms with Crippen LogP contribution in [0, 0.1) is 35.0 Å². The number of carbonyl (C=O) groups is 1. The summed E-state index contributed by atoms with van der Waals surface area (Å²) in [6, 6.07) is 10.6. The third kappa shape index (κ3) is 2.25. The Labute approximate surface area is 151 Å². The summed E-state index contributed by atoms with van der Waals surface area (Å²) in [4.78, 5) is 14.3. The molecular formula is C22H30OS. The maximum absolute atomic E-state index is 13.1. The molecule has 3 saturated carbocycles. The molecule has 1 aromatic rings. The number of Topliss-reactive ketones (excluding diaryl/α,β-unsaturated/α-hetero) is 1. The molecule has 0 radical (unpaired) electrons.